The third-order valence-corrected chi connectivity index (χ3v) is 7.64. The fourth-order valence-electron chi connectivity index (χ4n) is 4.19. The van der Waals surface area contributed by atoms with E-state index < -0.39 is 0 Å². The van der Waals surface area contributed by atoms with E-state index in [1.54, 1.807) is 0 Å². The highest BCUT2D eigenvalue weighted by atomic mass is 32.1. The highest BCUT2D eigenvalue weighted by Crippen LogP contribution is 2.30. The Hall–Kier alpha value is -3.20. The van der Waals surface area contributed by atoms with Crippen LogP contribution in [-0.2, 0) is 11.2 Å². The van der Waals surface area contributed by atoms with Crippen molar-refractivity contribution in [2.75, 3.05) is 26.2 Å². The molecule has 0 unspecified atom stereocenters. The molecule has 0 saturated carbocycles. The lowest BCUT2D eigenvalue weighted by molar-refractivity contribution is -0.134. The van der Waals surface area contributed by atoms with E-state index in [-0.39, 0.29) is 24.3 Å². The number of aromatic amines is 1. The van der Waals surface area contributed by atoms with Crippen molar-refractivity contribution >= 4 is 23.2 Å². The van der Waals surface area contributed by atoms with E-state index >= 15 is 0 Å². The monoisotopic (exact) mass is 495 g/mol. The van der Waals surface area contributed by atoms with Gasteiger partial charge in [0, 0.05) is 36.6 Å². The van der Waals surface area contributed by atoms with Crippen LogP contribution in [0.25, 0.3) is 0 Å². The van der Waals surface area contributed by atoms with E-state index in [1.807, 2.05) is 48.5 Å². The molecule has 0 atom stereocenters. The molecule has 35 heavy (non-hydrogen) atoms. The molecule has 0 aliphatic carbocycles. The van der Waals surface area contributed by atoms with Gasteiger partial charge in [-0.15, -0.1) is 11.3 Å². The number of piperidine rings is 1. The van der Waals surface area contributed by atoms with Crippen molar-refractivity contribution in [3.63, 3.8) is 0 Å². The van der Waals surface area contributed by atoms with Gasteiger partial charge in [-0.1, -0.05) is 6.07 Å². The molecule has 1 saturated heterocycles. The zero-order chi connectivity index (χ0) is 24.8. The molecule has 2 N–H and O–H groups in total. The van der Waals surface area contributed by atoms with Gasteiger partial charge >= 0.3 is 0 Å². The number of nitrogens with zero attached hydrogens (tertiary/aromatic N) is 3. The van der Waals surface area contributed by atoms with Gasteiger partial charge in [-0.3, -0.25) is 14.7 Å². The van der Waals surface area contributed by atoms with Crippen molar-refractivity contribution in [3.05, 3.63) is 62.9 Å². The summed E-state index contributed by atoms with van der Waals surface area (Å²) >= 11 is 1.53. The lowest BCUT2D eigenvalue weighted by Gasteiger charge is -2.31. The van der Waals surface area contributed by atoms with Crippen molar-refractivity contribution in [2.45, 2.75) is 52.4 Å². The number of hydrogen-bond donors (Lipinski definition) is 2. The third kappa shape index (κ3) is 6.48. The summed E-state index contributed by atoms with van der Waals surface area (Å²) in [5, 5.41) is 12.7. The van der Waals surface area contributed by atoms with Crippen LogP contribution in [0, 0.1) is 20.8 Å². The smallest absolute Gasteiger partial charge is 0.270 e. The van der Waals surface area contributed by atoms with Crippen LogP contribution in [0.3, 0.4) is 0 Å². The minimum atomic E-state index is -0.132. The van der Waals surface area contributed by atoms with E-state index in [2.05, 4.69) is 27.4 Å². The fourth-order valence-corrected chi connectivity index (χ4v) is 5.17. The van der Waals surface area contributed by atoms with Crippen LogP contribution in [0.2, 0.25) is 0 Å². The maximum Gasteiger partial charge on any atom is 0.270 e. The van der Waals surface area contributed by atoms with E-state index in [9.17, 15) is 9.59 Å². The minimum absolute atomic E-state index is 0.00602. The van der Waals surface area contributed by atoms with Gasteiger partial charge in [-0.2, -0.15) is 5.10 Å². The van der Waals surface area contributed by atoms with Crippen molar-refractivity contribution in [1.29, 1.82) is 0 Å². The molecular weight excluding hydrogens is 462 g/mol. The molecule has 9 heteroatoms. The number of likely N-dealkylation sites (tertiary alicyclic amines) is 1. The molecule has 3 aromatic rings. The second kappa shape index (κ2) is 11.5. The molecule has 1 aliphatic heterocycles. The van der Waals surface area contributed by atoms with Crippen molar-refractivity contribution in [2.24, 2.45) is 0 Å². The van der Waals surface area contributed by atoms with E-state index in [0.717, 1.165) is 47.7 Å². The Morgan fingerprint density at radius 1 is 1.20 bits per heavy atom. The molecule has 186 valence electrons. The highest BCUT2D eigenvalue weighted by Gasteiger charge is 2.26. The normalized spacial score (nSPS) is 14.2. The van der Waals surface area contributed by atoms with Crippen LogP contribution < -0.4 is 10.1 Å². The van der Waals surface area contributed by atoms with Gasteiger partial charge < -0.3 is 15.0 Å². The predicted molar refractivity (Wildman–Crippen MR) is 136 cm³/mol. The molecule has 1 fully saturated rings. The summed E-state index contributed by atoms with van der Waals surface area (Å²) in [4.78, 5) is 31.6. The predicted octanol–water partition coefficient (Wildman–Crippen LogP) is 3.94. The Balaban J connectivity index is 1.19. The number of amides is 2. The quantitative estimate of drug-likeness (QED) is 0.438. The fraction of sp³-hybridized carbons (Fsp3) is 0.462. The Bertz CT molecular complexity index is 1160. The first kappa shape index (κ1) is 24.9. The van der Waals surface area contributed by atoms with Crippen LogP contribution in [0.4, 0.5) is 0 Å². The Kier molecular flexibility index (Phi) is 8.17. The van der Waals surface area contributed by atoms with Gasteiger partial charge in [0.05, 0.1) is 11.2 Å². The van der Waals surface area contributed by atoms with E-state index in [1.165, 1.54) is 22.5 Å². The largest absolute Gasteiger partial charge is 0.484 e. The molecule has 3 heterocycles. The molecular formula is C26H33N5O3S. The highest BCUT2D eigenvalue weighted by molar-refractivity contribution is 7.09. The Morgan fingerprint density at radius 2 is 2.00 bits per heavy atom. The first-order valence-electron chi connectivity index (χ1n) is 12.1. The van der Waals surface area contributed by atoms with E-state index in [4.69, 9.17) is 4.74 Å². The SMILES string of the molecule is Cc1ccc(OCC(=O)N2CCC(c3nc(C(=O)NCCCc4cn[nH]c4C)cs3)CC2)cc1C. The zero-order valence-electron chi connectivity index (χ0n) is 20.6. The summed E-state index contributed by atoms with van der Waals surface area (Å²) < 4.78 is 5.71. The number of benzene rings is 1. The maximum absolute atomic E-state index is 12.6. The number of thiazole rings is 1. The van der Waals surface area contributed by atoms with Gasteiger partial charge in [0.15, 0.2) is 6.61 Å². The first-order valence-corrected chi connectivity index (χ1v) is 13.0. The van der Waals surface area contributed by atoms with E-state index in [0.29, 0.717) is 25.3 Å². The number of aromatic nitrogens is 3. The maximum atomic E-state index is 12.6. The van der Waals surface area contributed by atoms with Gasteiger partial charge in [0.2, 0.25) is 0 Å². The topological polar surface area (TPSA) is 100 Å². The summed E-state index contributed by atoms with van der Waals surface area (Å²) in [5.74, 6) is 0.871. The molecule has 4 rings (SSSR count). The molecule has 0 bridgehead atoms. The third-order valence-electron chi connectivity index (χ3n) is 6.63. The summed E-state index contributed by atoms with van der Waals surface area (Å²) in [5.41, 5.74) is 5.08. The number of rotatable bonds is 9. The molecule has 0 radical (unpaired) electrons. The average molecular weight is 496 g/mol. The van der Waals surface area contributed by atoms with Crippen molar-refractivity contribution < 1.29 is 14.3 Å². The average Bonchev–Trinajstić information content (AvgIpc) is 3.52. The van der Waals surface area contributed by atoms with Crippen LogP contribution in [0.5, 0.6) is 5.75 Å². The molecule has 8 nitrogen and oxygen atoms in total. The van der Waals surface area contributed by atoms with Crippen LogP contribution in [0.15, 0.2) is 29.8 Å². The molecule has 2 amide bonds. The van der Waals surface area contributed by atoms with Crippen molar-refractivity contribution in [1.82, 2.24) is 25.4 Å². The summed E-state index contributed by atoms with van der Waals surface area (Å²) in [7, 11) is 0. The Labute approximate surface area is 210 Å². The number of hydrogen-bond acceptors (Lipinski definition) is 6. The number of carbonyl (C=O) groups is 2. The summed E-state index contributed by atoms with van der Waals surface area (Å²) in [6.07, 6.45) is 5.24. The second-order valence-electron chi connectivity index (χ2n) is 9.14. The number of H-pyrrole nitrogens is 1. The van der Waals surface area contributed by atoms with Crippen LogP contribution in [0.1, 0.15) is 63.1 Å². The lowest BCUT2D eigenvalue weighted by atomic mass is 9.97. The summed E-state index contributed by atoms with van der Waals surface area (Å²) in [6, 6.07) is 5.87. The van der Waals surface area contributed by atoms with Gasteiger partial charge in [-0.05, 0) is 75.3 Å². The number of ether oxygens (including phenoxy) is 1. The zero-order valence-corrected chi connectivity index (χ0v) is 21.4. The number of carbonyl (C=O) groups excluding carboxylic acids is 2. The number of nitrogens with one attached hydrogen (secondary N) is 2. The van der Waals surface area contributed by atoms with Crippen LogP contribution in [-0.4, -0.2) is 58.1 Å². The molecule has 1 aliphatic rings. The first-order chi connectivity index (χ1) is 16.9. The molecule has 2 aromatic heterocycles. The second-order valence-corrected chi connectivity index (χ2v) is 10.0. The van der Waals surface area contributed by atoms with Crippen LogP contribution >= 0.6 is 11.3 Å². The minimum Gasteiger partial charge on any atom is -0.484 e. The molecule has 0 spiro atoms. The standard InChI is InChI=1S/C26H33N5O3S/c1-17-6-7-22(13-18(17)2)34-15-24(32)31-11-8-20(9-12-31)26-29-23(16-35-26)25(33)27-10-4-5-21-14-28-30-19(21)3/h6-7,13-14,16,20H,4-5,8-12,15H2,1-3H3,(H,27,33)(H,28,30). The van der Waals surface area contributed by atoms with Crippen molar-refractivity contribution in [3.8, 4) is 5.75 Å². The Morgan fingerprint density at radius 3 is 2.71 bits per heavy atom. The van der Waals surface area contributed by atoms with Gasteiger partial charge in [0.1, 0.15) is 11.4 Å². The summed E-state index contributed by atoms with van der Waals surface area (Å²) in [6.45, 7) is 8.08. The lowest BCUT2D eigenvalue weighted by Crippen LogP contribution is -2.40. The van der Waals surface area contributed by atoms with Gasteiger partial charge in [0.25, 0.3) is 11.8 Å². The molecule has 1 aromatic carbocycles. The van der Waals surface area contributed by atoms with Gasteiger partial charge in [-0.25, -0.2) is 4.98 Å². The number of aryl methyl sites for hydroxylation is 4.